The molecule has 0 saturated heterocycles. The van der Waals surface area contributed by atoms with Gasteiger partial charge in [-0.2, -0.15) is 0 Å². The highest BCUT2D eigenvalue weighted by Gasteiger charge is 2.30. The van der Waals surface area contributed by atoms with E-state index >= 15 is 0 Å². The van der Waals surface area contributed by atoms with Crippen molar-refractivity contribution in [2.24, 2.45) is 0 Å². The number of para-hydroxylation sites is 1. The van der Waals surface area contributed by atoms with Crippen LogP contribution in [0.2, 0.25) is 0 Å². The number of carbonyl (C=O) groups excluding carboxylic acids is 2. The topological polar surface area (TPSA) is 61.8 Å². The number of hydrogen-bond donors (Lipinski definition) is 0. The average Bonchev–Trinajstić information content (AvgIpc) is 3.05. The van der Waals surface area contributed by atoms with Crippen LogP contribution < -0.4 is 14.2 Å². The molecule has 0 fully saturated rings. The summed E-state index contributed by atoms with van der Waals surface area (Å²) in [6.07, 6.45) is 1.54. The molecular formula is C24H17FO5. The Kier molecular flexibility index (Phi) is 5.06. The SMILES string of the molecule is COc1ccccc1C(=O)Oc1cc(C)c2c(c1)O/C(=C\c1ccc(F)cc1)C2=O. The fourth-order valence-electron chi connectivity index (χ4n) is 3.22. The molecule has 0 bridgehead atoms. The van der Waals surface area contributed by atoms with Crippen LogP contribution in [0, 0.1) is 12.7 Å². The zero-order valence-corrected chi connectivity index (χ0v) is 16.3. The number of rotatable bonds is 4. The highest BCUT2D eigenvalue weighted by atomic mass is 19.1. The molecule has 3 aromatic carbocycles. The lowest BCUT2D eigenvalue weighted by atomic mass is 10.0. The van der Waals surface area contributed by atoms with Gasteiger partial charge in [-0.3, -0.25) is 4.79 Å². The molecule has 0 radical (unpaired) electrons. The Bertz CT molecular complexity index is 1180. The maximum atomic E-state index is 13.1. The maximum absolute atomic E-state index is 13.1. The molecule has 150 valence electrons. The van der Waals surface area contributed by atoms with Crippen molar-refractivity contribution in [1.82, 2.24) is 0 Å². The zero-order chi connectivity index (χ0) is 21.3. The molecule has 0 aliphatic carbocycles. The highest BCUT2D eigenvalue weighted by molar-refractivity contribution is 6.15. The molecule has 0 aromatic heterocycles. The van der Waals surface area contributed by atoms with Crippen molar-refractivity contribution >= 4 is 17.8 Å². The molecule has 0 unspecified atom stereocenters. The maximum Gasteiger partial charge on any atom is 0.347 e. The number of hydrogen-bond acceptors (Lipinski definition) is 5. The van der Waals surface area contributed by atoms with Crippen molar-refractivity contribution in [2.45, 2.75) is 6.92 Å². The number of Topliss-reactive ketones (excluding diaryl/α,β-unsaturated/α-hetero) is 1. The van der Waals surface area contributed by atoms with Crippen molar-refractivity contribution in [3.05, 3.63) is 94.5 Å². The molecule has 3 aromatic rings. The van der Waals surface area contributed by atoms with E-state index in [1.807, 2.05) is 0 Å². The van der Waals surface area contributed by atoms with E-state index in [0.717, 1.165) is 0 Å². The van der Waals surface area contributed by atoms with E-state index in [-0.39, 0.29) is 28.7 Å². The summed E-state index contributed by atoms with van der Waals surface area (Å²) in [5, 5.41) is 0. The van der Waals surface area contributed by atoms with Gasteiger partial charge in [0.1, 0.15) is 28.6 Å². The van der Waals surface area contributed by atoms with E-state index in [4.69, 9.17) is 14.2 Å². The number of fused-ring (bicyclic) bond motifs is 1. The first-order valence-corrected chi connectivity index (χ1v) is 9.16. The van der Waals surface area contributed by atoms with E-state index < -0.39 is 5.97 Å². The summed E-state index contributed by atoms with van der Waals surface area (Å²) < 4.78 is 29.5. The Morgan fingerprint density at radius 2 is 1.80 bits per heavy atom. The van der Waals surface area contributed by atoms with E-state index in [1.54, 1.807) is 55.5 Å². The van der Waals surface area contributed by atoms with Gasteiger partial charge in [0, 0.05) is 6.07 Å². The first-order valence-electron chi connectivity index (χ1n) is 9.16. The Labute approximate surface area is 172 Å². The lowest BCUT2D eigenvalue weighted by Gasteiger charge is -2.10. The van der Waals surface area contributed by atoms with Crippen LogP contribution in [0.4, 0.5) is 4.39 Å². The number of aryl methyl sites for hydroxylation is 1. The van der Waals surface area contributed by atoms with Gasteiger partial charge in [-0.15, -0.1) is 0 Å². The number of carbonyl (C=O) groups is 2. The first-order chi connectivity index (χ1) is 14.5. The number of allylic oxidation sites excluding steroid dienone is 1. The lowest BCUT2D eigenvalue weighted by Crippen LogP contribution is -2.10. The third kappa shape index (κ3) is 3.67. The van der Waals surface area contributed by atoms with Crippen LogP contribution in [0.15, 0.2) is 66.4 Å². The Hall–Kier alpha value is -3.93. The quantitative estimate of drug-likeness (QED) is 0.349. The van der Waals surface area contributed by atoms with Crippen LogP contribution in [0.5, 0.6) is 17.2 Å². The molecule has 6 heteroatoms. The predicted octanol–water partition coefficient (Wildman–Crippen LogP) is 4.98. The fraction of sp³-hybridized carbons (Fsp3) is 0.0833. The van der Waals surface area contributed by atoms with E-state index in [1.165, 1.54) is 25.3 Å². The second-order valence-corrected chi connectivity index (χ2v) is 6.69. The molecule has 5 nitrogen and oxygen atoms in total. The smallest absolute Gasteiger partial charge is 0.347 e. The van der Waals surface area contributed by atoms with E-state index in [9.17, 15) is 14.0 Å². The van der Waals surface area contributed by atoms with E-state index in [2.05, 4.69) is 0 Å². The molecule has 1 heterocycles. The number of ether oxygens (including phenoxy) is 3. The fourth-order valence-corrected chi connectivity index (χ4v) is 3.22. The summed E-state index contributed by atoms with van der Waals surface area (Å²) >= 11 is 0. The molecule has 30 heavy (non-hydrogen) atoms. The number of ketones is 1. The summed E-state index contributed by atoms with van der Waals surface area (Å²) in [5.74, 6) is -0.164. The van der Waals surface area contributed by atoms with Gasteiger partial charge in [-0.05, 0) is 54.5 Å². The summed E-state index contributed by atoms with van der Waals surface area (Å²) in [5.41, 5.74) is 1.93. The Balaban J connectivity index is 1.61. The standard InChI is InChI=1S/C24H17FO5/c1-14-11-17(29-24(27)18-5-3-4-6-19(18)28-2)13-20-22(14)23(26)21(30-20)12-15-7-9-16(25)10-8-15/h3-13H,1-2H3/b21-12-. The monoisotopic (exact) mass is 404 g/mol. The predicted molar refractivity (Wildman–Crippen MR) is 108 cm³/mol. The van der Waals surface area contributed by atoms with Crippen molar-refractivity contribution < 1.29 is 28.2 Å². The van der Waals surface area contributed by atoms with Crippen LogP contribution in [-0.4, -0.2) is 18.9 Å². The summed E-state index contributed by atoms with van der Waals surface area (Å²) in [6, 6.07) is 15.5. The molecule has 0 N–H and O–H groups in total. The molecule has 0 amide bonds. The molecule has 0 saturated carbocycles. The second kappa shape index (κ2) is 7.83. The molecule has 1 aliphatic heterocycles. The molecule has 0 atom stereocenters. The number of methoxy groups -OCH3 is 1. The third-order valence-corrected chi connectivity index (χ3v) is 4.65. The van der Waals surface area contributed by atoms with Crippen molar-refractivity contribution in [3.63, 3.8) is 0 Å². The van der Waals surface area contributed by atoms with Crippen LogP contribution in [0.25, 0.3) is 6.08 Å². The van der Waals surface area contributed by atoms with Crippen LogP contribution in [0.3, 0.4) is 0 Å². The van der Waals surface area contributed by atoms with Crippen molar-refractivity contribution in [3.8, 4) is 17.2 Å². The van der Waals surface area contributed by atoms with Gasteiger partial charge in [0.2, 0.25) is 5.78 Å². The largest absolute Gasteiger partial charge is 0.496 e. The zero-order valence-electron chi connectivity index (χ0n) is 16.3. The third-order valence-electron chi connectivity index (χ3n) is 4.65. The molecule has 0 spiro atoms. The Morgan fingerprint density at radius 3 is 2.53 bits per heavy atom. The van der Waals surface area contributed by atoms with Crippen LogP contribution in [0.1, 0.15) is 31.8 Å². The Morgan fingerprint density at radius 1 is 1.07 bits per heavy atom. The first kappa shape index (κ1) is 19.4. The minimum absolute atomic E-state index is 0.118. The number of halogens is 1. The number of esters is 1. The lowest BCUT2D eigenvalue weighted by molar-refractivity contribution is 0.0731. The van der Waals surface area contributed by atoms with Gasteiger partial charge < -0.3 is 14.2 Å². The summed E-state index contributed by atoms with van der Waals surface area (Å²) in [6.45, 7) is 1.74. The number of benzene rings is 3. The summed E-state index contributed by atoms with van der Waals surface area (Å²) in [7, 11) is 1.47. The van der Waals surface area contributed by atoms with Crippen molar-refractivity contribution in [2.75, 3.05) is 7.11 Å². The summed E-state index contributed by atoms with van der Waals surface area (Å²) in [4.78, 5) is 25.3. The van der Waals surface area contributed by atoms with Gasteiger partial charge >= 0.3 is 5.97 Å². The van der Waals surface area contributed by atoms with Gasteiger partial charge in [0.15, 0.2) is 5.76 Å². The molecule has 4 rings (SSSR count). The van der Waals surface area contributed by atoms with E-state index in [0.29, 0.717) is 28.2 Å². The average molecular weight is 404 g/mol. The second-order valence-electron chi connectivity index (χ2n) is 6.69. The van der Waals surface area contributed by atoms with Crippen LogP contribution in [-0.2, 0) is 0 Å². The highest BCUT2D eigenvalue weighted by Crippen LogP contribution is 2.38. The van der Waals surface area contributed by atoms with Gasteiger partial charge in [-0.1, -0.05) is 24.3 Å². The van der Waals surface area contributed by atoms with Gasteiger partial charge in [0.05, 0.1) is 12.7 Å². The van der Waals surface area contributed by atoms with Crippen molar-refractivity contribution in [1.29, 1.82) is 0 Å². The van der Waals surface area contributed by atoms with Crippen LogP contribution >= 0.6 is 0 Å². The molecular weight excluding hydrogens is 387 g/mol. The minimum Gasteiger partial charge on any atom is -0.496 e. The minimum atomic E-state index is -0.585. The van der Waals surface area contributed by atoms with Gasteiger partial charge in [-0.25, -0.2) is 9.18 Å². The normalized spacial score (nSPS) is 13.7. The molecule has 1 aliphatic rings. The van der Waals surface area contributed by atoms with Gasteiger partial charge in [0.25, 0.3) is 0 Å².